The fourth-order valence-corrected chi connectivity index (χ4v) is 2.63. The number of nitrogens with one attached hydrogen (secondary N) is 1. The first-order valence-electron chi connectivity index (χ1n) is 8.50. The van der Waals surface area contributed by atoms with Gasteiger partial charge in [0.25, 0.3) is 5.56 Å². The van der Waals surface area contributed by atoms with E-state index in [9.17, 15) is 4.79 Å². The van der Waals surface area contributed by atoms with Crippen molar-refractivity contribution >= 4 is 0 Å². The van der Waals surface area contributed by atoms with Gasteiger partial charge in [0, 0.05) is 5.56 Å². The van der Waals surface area contributed by atoms with Crippen LogP contribution < -0.4 is 15.0 Å². The Labute approximate surface area is 155 Å². The van der Waals surface area contributed by atoms with E-state index in [0.29, 0.717) is 12.4 Å². The van der Waals surface area contributed by atoms with Gasteiger partial charge in [0.15, 0.2) is 5.76 Å². The third kappa shape index (κ3) is 4.27. The molecule has 4 aromatic rings. The number of H-pyrrole nitrogens is 1. The number of aromatic nitrogens is 1. The fourth-order valence-electron chi connectivity index (χ4n) is 2.63. The number of benzene rings is 3. The zero-order chi connectivity index (χ0) is 18.5. The molecule has 0 aliphatic carbocycles. The van der Waals surface area contributed by atoms with Gasteiger partial charge in [-0.15, -0.1) is 0 Å². The van der Waals surface area contributed by atoms with Gasteiger partial charge < -0.3 is 14.0 Å². The largest absolute Gasteiger partial charge is 0.489 e. The predicted molar refractivity (Wildman–Crippen MR) is 102 cm³/mol. The van der Waals surface area contributed by atoms with Crippen molar-refractivity contribution in [1.82, 2.24) is 5.16 Å². The highest BCUT2D eigenvalue weighted by molar-refractivity contribution is 5.57. The Bertz CT molecular complexity index is 1070. The second kappa shape index (κ2) is 7.66. The van der Waals surface area contributed by atoms with E-state index in [-0.39, 0.29) is 5.56 Å². The van der Waals surface area contributed by atoms with E-state index < -0.39 is 0 Å². The number of hydrogen-bond donors (Lipinski definition) is 1. The molecule has 4 rings (SSSR count). The summed E-state index contributed by atoms with van der Waals surface area (Å²) in [6.45, 7) is 0.421. The van der Waals surface area contributed by atoms with Crippen LogP contribution in [0.5, 0.6) is 17.2 Å². The Hall–Kier alpha value is -3.73. The van der Waals surface area contributed by atoms with Gasteiger partial charge in [-0.25, -0.2) is 0 Å². The lowest BCUT2D eigenvalue weighted by molar-refractivity contribution is 0.305. The van der Waals surface area contributed by atoms with E-state index in [2.05, 4.69) is 5.16 Å². The third-order valence-electron chi connectivity index (χ3n) is 3.95. The minimum absolute atomic E-state index is 0.261. The van der Waals surface area contributed by atoms with Crippen LogP contribution in [0.2, 0.25) is 0 Å². The summed E-state index contributed by atoms with van der Waals surface area (Å²) in [4.78, 5) is 11.1. The maximum absolute atomic E-state index is 11.1. The Balaban J connectivity index is 1.40. The maximum atomic E-state index is 11.1. The van der Waals surface area contributed by atoms with Crippen LogP contribution in [-0.4, -0.2) is 5.16 Å². The molecule has 0 aliphatic heterocycles. The quantitative estimate of drug-likeness (QED) is 0.526. The molecule has 0 saturated heterocycles. The van der Waals surface area contributed by atoms with Crippen LogP contribution in [0.4, 0.5) is 0 Å². The molecule has 3 aromatic carbocycles. The molecule has 0 saturated carbocycles. The van der Waals surface area contributed by atoms with Gasteiger partial charge in [-0.3, -0.25) is 4.79 Å². The molecule has 0 fully saturated rings. The molecule has 1 heterocycles. The second-order valence-corrected chi connectivity index (χ2v) is 5.95. The van der Waals surface area contributed by atoms with Crippen molar-refractivity contribution in [2.24, 2.45) is 0 Å². The van der Waals surface area contributed by atoms with Gasteiger partial charge in [-0.2, -0.15) is 5.16 Å². The van der Waals surface area contributed by atoms with Crippen LogP contribution in [-0.2, 0) is 6.61 Å². The van der Waals surface area contributed by atoms with Gasteiger partial charge in [0.2, 0.25) is 0 Å². The van der Waals surface area contributed by atoms with Crippen molar-refractivity contribution in [3.05, 3.63) is 101 Å². The lowest BCUT2D eigenvalue weighted by Crippen LogP contribution is -1.96. The van der Waals surface area contributed by atoms with Crippen LogP contribution in [0.1, 0.15) is 5.56 Å². The normalized spacial score (nSPS) is 10.5. The van der Waals surface area contributed by atoms with Crippen LogP contribution in [0.25, 0.3) is 11.3 Å². The summed E-state index contributed by atoms with van der Waals surface area (Å²) in [5, 5.41) is 2.28. The first kappa shape index (κ1) is 16.7. The topological polar surface area (TPSA) is 64.5 Å². The first-order chi connectivity index (χ1) is 13.3. The zero-order valence-corrected chi connectivity index (χ0v) is 14.4. The molecule has 5 heteroatoms. The Morgan fingerprint density at radius 3 is 2.30 bits per heavy atom. The average molecular weight is 359 g/mol. The second-order valence-electron chi connectivity index (χ2n) is 5.95. The Morgan fingerprint density at radius 1 is 0.778 bits per heavy atom. The van der Waals surface area contributed by atoms with Crippen LogP contribution in [0, 0.1) is 0 Å². The summed E-state index contributed by atoms with van der Waals surface area (Å²) < 4.78 is 16.8. The standard InChI is InChI=1S/C22H17NO4/c24-22-14-21(27-23-22)17-9-11-18(12-10-17)25-15-16-5-4-8-20(13-16)26-19-6-2-1-3-7-19/h1-14H,15H2,(H,23,24). The number of aromatic amines is 1. The van der Waals surface area contributed by atoms with Crippen LogP contribution in [0.15, 0.2) is 94.2 Å². The number of para-hydroxylation sites is 1. The molecule has 134 valence electrons. The summed E-state index contributed by atoms with van der Waals surface area (Å²) in [6.07, 6.45) is 0. The molecular formula is C22H17NO4. The minimum Gasteiger partial charge on any atom is -0.489 e. The first-order valence-corrected chi connectivity index (χ1v) is 8.50. The van der Waals surface area contributed by atoms with Crippen molar-refractivity contribution in [1.29, 1.82) is 0 Å². The average Bonchev–Trinajstić information content (AvgIpc) is 3.14. The highest BCUT2D eigenvalue weighted by atomic mass is 16.5. The van der Waals surface area contributed by atoms with Crippen molar-refractivity contribution in [3.63, 3.8) is 0 Å². The third-order valence-corrected chi connectivity index (χ3v) is 3.95. The molecule has 27 heavy (non-hydrogen) atoms. The number of rotatable bonds is 6. The van der Waals surface area contributed by atoms with E-state index >= 15 is 0 Å². The van der Waals surface area contributed by atoms with E-state index in [0.717, 1.165) is 28.4 Å². The lowest BCUT2D eigenvalue weighted by atomic mass is 10.1. The SMILES string of the molecule is O=c1cc(-c2ccc(OCc3cccc(Oc4ccccc4)c3)cc2)o[nH]1. The smallest absolute Gasteiger partial charge is 0.280 e. The molecule has 0 spiro atoms. The highest BCUT2D eigenvalue weighted by Gasteiger charge is 2.05. The van der Waals surface area contributed by atoms with E-state index in [1.54, 1.807) is 0 Å². The highest BCUT2D eigenvalue weighted by Crippen LogP contribution is 2.24. The predicted octanol–water partition coefficient (Wildman–Crippen LogP) is 5.01. The summed E-state index contributed by atoms with van der Waals surface area (Å²) in [5.41, 5.74) is 1.55. The van der Waals surface area contributed by atoms with E-state index in [4.69, 9.17) is 14.0 Å². The molecular weight excluding hydrogens is 342 g/mol. The summed E-state index contributed by atoms with van der Waals surface area (Å²) in [6, 6.07) is 26.2. The summed E-state index contributed by atoms with van der Waals surface area (Å²) >= 11 is 0. The van der Waals surface area contributed by atoms with Crippen molar-refractivity contribution in [3.8, 4) is 28.6 Å². The summed E-state index contributed by atoms with van der Waals surface area (Å²) in [5.74, 6) is 2.78. The van der Waals surface area contributed by atoms with Gasteiger partial charge >= 0.3 is 0 Å². The molecule has 0 unspecified atom stereocenters. The Morgan fingerprint density at radius 2 is 1.56 bits per heavy atom. The fraction of sp³-hybridized carbons (Fsp3) is 0.0455. The molecule has 0 bridgehead atoms. The van der Waals surface area contributed by atoms with Crippen molar-refractivity contribution in [2.45, 2.75) is 6.61 Å². The van der Waals surface area contributed by atoms with E-state index in [1.807, 2.05) is 78.9 Å². The van der Waals surface area contributed by atoms with Crippen LogP contribution in [0.3, 0.4) is 0 Å². The maximum Gasteiger partial charge on any atom is 0.280 e. The van der Waals surface area contributed by atoms with Crippen molar-refractivity contribution in [2.75, 3.05) is 0 Å². The lowest BCUT2D eigenvalue weighted by Gasteiger charge is -2.09. The zero-order valence-electron chi connectivity index (χ0n) is 14.4. The van der Waals surface area contributed by atoms with Gasteiger partial charge in [0.05, 0.1) is 6.07 Å². The van der Waals surface area contributed by atoms with Gasteiger partial charge in [-0.05, 0) is 54.1 Å². The summed E-state index contributed by atoms with van der Waals surface area (Å²) in [7, 11) is 0. The van der Waals surface area contributed by atoms with Crippen molar-refractivity contribution < 1.29 is 14.0 Å². The van der Waals surface area contributed by atoms with Crippen LogP contribution >= 0.6 is 0 Å². The molecule has 5 nitrogen and oxygen atoms in total. The number of hydrogen-bond acceptors (Lipinski definition) is 4. The molecule has 0 amide bonds. The monoisotopic (exact) mass is 359 g/mol. The van der Waals surface area contributed by atoms with Gasteiger partial charge in [0.1, 0.15) is 23.9 Å². The van der Waals surface area contributed by atoms with E-state index in [1.165, 1.54) is 6.07 Å². The molecule has 1 N–H and O–H groups in total. The molecule has 0 radical (unpaired) electrons. The van der Waals surface area contributed by atoms with Gasteiger partial charge in [-0.1, -0.05) is 30.3 Å². The molecule has 0 aliphatic rings. The molecule has 0 atom stereocenters. The minimum atomic E-state index is -0.261. The Kier molecular flexibility index (Phi) is 4.74. The number of ether oxygens (including phenoxy) is 2. The molecule has 1 aromatic heterocycles.